The van der Waals surface area contributed by atoms with Gasteiger partial charge in [-0.15, -0.1) is 5.10 Å². The van der Waals surface area contributed by atoms with E-state index in [9.17, 15) is 4.79 Å². The fourth-order valence-electron chi connectivity index (χ4n) is 2.62. The molecule has 6 nitrogen and oxygen atoms in total. The molecular formula is C19H16ClN3O3S3. The fraction of sp³-hybridized carbons (Fsp3) is 0.211. The van der Waals surface area contributed by atoms with Crippen LogP contribution in [-0.4, -0.2) is 34.2 Å². The molecule has 10 heteroatoms. The van der Waals surface area contributed by atoms with Crippen molar-refractivity contribution in [3.63, 3.8) is 0 Å². The summed E-state index contributed by atoms with van der Waals surface area (Å²) >= 11 is 14.1. The number of nitrogens with zero attached hydrogens (tertiary/aromatic N) is 2. The topological polar surface area (TPSA) is 65.4 Å². The van der Waals surface area contributed by atoms with Crippen molar-refractivity contribution in [2.75, 3.05) is 18.5 Å². The number of amides is 1. The van der Waals surface area contributed by atoms with E-state index in [-0.39, 0.29) is 11.2 Å². The van der Waals surface area contributed by atoms with Gasteiger partial charge in [-0.1, -0.05) is 34.7 Å². The summed E-state index contributed by atoms with van der Waals surface area (Å²) < 4.78 is 14.0. The van der Waals surface area contributed by atoms with Crippen molar-refractivity contribution in [3.8, 4) is 17.2 Å². The van der Waals surface area contributed by atoms with Gasteiger partial charge in [-0.05, 0) is 55.5 Å². The zero-order chi connectivity index (χ0) is 20.4. The number of ether oxygens (including phenoxy) is 2. The number of carbonyl (C=O) groups is 1. The normalized spacial score (nSPS) is 13.7. The lowest BCUT2D eigenvalue weighted by Crippen LogP contribution is -2.22. The first kappa shape index (κ1) is 20.2. The third-order valence-corrected chi connectivity index (χ3v) is 6.73. The fourth-order valence-corrected chi connectivity index (χ4v) is 5.25. The lowest BCUT2D eigenvalue weighted by molar-refractivity contribution is -0.115. The molecule has 1 atom stereocenters. The maximum atomic E-state index is 12.6. The smallest absolute Gasteiger partial charge is 0.237 e. The summed E-state index contributed by atoms with van der Waals surface area (Å²) in [5.74, 6) is 1.18. The van der Waals surface area contributed by atoms with E-state index in [0.29, 0.717) is 39.4 Å². The Morgan fingerprint density at radius 3 is 2.72 bits per heavy atom. The Labute approximate surface area is 185 Å². The van der Waals surface area contributed by atoms with Crippen LogP contribution in [0, 0.1) is 3.95 Å². The molecule has 4 rings (SSSR count). The highest BCUT2D eigenvalue weighted by Gasteiger charge is 2.19. The van der Waals surface area contributed by atoms with Crippen LogP contribution in [0.3, 0.4) is 0 Å². The number of carbonyl (C=O) groups excluding carboxylic acids is 1. The monoisotopic (exact) mass is 465 g/mol. The second kappa shape index (κ2) is 8.74. The molecule has 1 unspecified atom stereocenters. The molecule has 0 spiro atoms. The minimum absolute atomic E-state index is 0.133. The molecule has 1 amide bonds. The van der Waals surface area contributed by atoms with Crippen LogP contribution < -0.4 is 14.8 Å². The number of nitrogens with one attached hydrogen (secondary N) is 1. The van der Waals surface area contributed by atoms with Crippen LogP contribution in [0.5, 0.6) is 11.5 Å². The lowest BCUT2D eigenvalue weighted by Gasteiger charge is -2.19. The van der Waals surface area contributed by atoms with Crippen molar-refractivity contribution in [2.45, 2.75) is 16.5 Å². The van der Waals surface area contributed by atoms with E-state index in [1.165, 1.54) is 23.1 Å². The highest BCUT2D eigenvalue weighted by Crippen LogP contribution is 2.33. The predicted octanol–water partition coefficient (Wildman–Crippen LogP) is 5.21. The number of thioether (sulfide) groups is 1. The highest BCUT2D eigenvalue weighted by atomic mass is 35.5. The zero-order valence-corrected chi connectivity index (χ0v) is 18.5. The molecule has 2 aromatic carbocycles. The minimum Gasteiger partial charge on any atom is -0.486 e. The molecule has 0 bridgehead atoms. The second-order valence-corrected chi connectivity index (χ2v) is 9.78. The molecule has 0 radical (unpaired) electrons. The van der Waals surface area contributed by atoms with Crippen molar-refractivity contribution in [2.24, 2.45) is 0 Å². The van der Waals surface area contributed by atoms with Crippen LogP contribution in [0.15, 0.2) is 46.8 Å². The molecule has 0 saturated carbocycles. The van der Waals surface area contributed by atoms with Gasteiger partial charge >= 0.3 is 0 Å². The zero-order valence-electron chi connectivity index (χ0n) is 15.3. The Balaban J connectivity index is 1.43. The van der Waals surface area contributed by atoms with Gasteiger partial charge in [0, 0.05) is 16.8 Å². The summed E-state index contributed by atoms with van der Waals surface area (Å²) in [5.41, 5.74) is 1.49. The Kier molecular flexibility index (Phi) is 6.09. The molecule has 29 heavy (non-hydrogen) atoms. The number of hydrogen-bond acceptors (Lipinski definition) is 7. The summed E-state index contributed by atoms with van der Waals surface area (Å²) in [4.78, 5) is 12.6. The number of anilines is 1. The molecule has 1 N–H and O–H groups in total. The number of halogens is 1. The Morgan fingerprint density at radius 2 is 1.97 bits per heavy atom. The number of rotatable bonds is 5. The van der Waals surface area contributed by atoms with Crippen LogP contribution in [0.2, 0.25) is 5.02 Å². The quantitative estimate of drug-likeness (QED) is 0.412. The SMILES string of the molecule is CC(Sc1nn(-c2ccc(Cl)cc2)c(=S)s1)C(=O)Nc1ccc2c(c1)OCCO2. The molecule has 0 fully saturated rings. The Hall–Kier alpha value is -2.07. The van der Waals surface area contributed by atoms with Gasteiger partial charge in [0.2, 0.25) is 5.91 Å². The molecule has 1 aliphatic rings. The van der Waals surface area contributed by atoms with E-state index in [2.05, 4.69) is 10.4 Å². The molecule has 1 aromatic heterocycles. The number of benzene rings is 2. The number of hydrogen-bond donors (Lipinski definition) is 1. The molecule has 150 valence electrons. The van der Waals surface area contributed by atoms with Crippen molar-refractivity contribution >= 4 is 58.5 Å². The van der Waals surface area contributed by atoms with Crippen molar-refractivity contribution < 1.29 is 14.3 Å². The number of fused-ring (bicyclic) bond motifs is 1. The lowest BCUT2D eigenvalue weighted by atomic mass is 10.2. The van der Waals surface area contributed by atoms with Crippen molar-refractivity contribution in [1.29, 1.82) is 0 Å². The third kappa shape index (κ3) is 4.75. The van der Waals surface area contributed by atoms with Gasteiger partial charge in [0.05, 0.1) is 10.9 Å². The van der Waals surface area contributed by atoms with Gasteiger partial charge in [0.15, 0.2) is 19.8 Å². The average Bonchev–Trinajstić information content (AvgIpc) is 3.08. The molecule has 1 aliphatic heterocycles. The van der Waals surface area contributed by atoms with E-state index in [4.69, 9.17) is 33.3 Å². The van der Waals surface area contributed by atoms with Crippen molar-refractivity contribution in [3.05, 3.63) is 51.4 Å². The molecule has 3 aromatic rings. The van der Waals surface area contributed by atoms with Crippen LogP contribution in [0.1, 0.15) is 6.92 Å². The Bertz CT molecular complexity index is 1100. The average molecular weight is 466 g/mol. The van der Waals surface area contributed by atoms with Crippen molar-refractivity contribution in [1.82, 2.24) is 9.78 Å². The highest BCUT2D eigenvalue weighted by molar-refractivity contribution is 8.02. The van der Waals surface area contributed by atoms with Crippen LogP contribution in [-0.2, 0) is 4.79 Å². The van der Waals surface area contributed by atoms with Crippen LogP contribution in [0.4, 0.5) is 5.69 Å². The van der Waals surface area contributed by atoms with E-state index in [1.807, 2.05) is 19.1 Å². The third-order valence-electron chi connectivity index (χ3n) is 4.06. The molecule has 0 saturated heterocycles. The summed E-state index contributed by atoms with van der Waals surface area (Å²) in [6.45, 7) is 2.86. The second-order valence-electron chi connectivity index (χ2n) is 6.13. The first-order valence-electron chi connectivity index (χ1n) is 8.73. The summed E-state index contributed by atoms with van der Waals surface area (Å²) in [6.07, 6.45) is 0. The Morgan fingerprint density at radius 1 is 1.24 bits per heavy atom. The van der Waals surface area contributed by atoms with Gasteiger partial charge in [-0.2, -0.15) is 0 Å². The maximum Gasteiger partial charge on any atom is 0.237 e. The van der Waals surface area contributed by atoms with E-state index >= 15 is 0 Å². The minimum atomic E-state index is -0.359. The van der Waals surface area contributed by atoms with Gasteiger partial charge in [-0.3, -0.25) is 4.79 Å². The van der Waals surface area contributed by atoms with E-state index < -0.39 is 0 Å². The first-order valence-corrected chi connectivity index (χ1v) is 11.2. The van der Waals surface area contributed by atoms with Gasteiger partial charge in [0.25, 0.3) is 0 Å². The van der Waals surface area contributed by atoms with E-state index in [1.54, 1.807) is 35.0 Å². The van der Waals surface area contributed by atoms with E-state index in [0.717, 1.165) is 10.0 Å². The summed E-state index contributed by atoms with van der Waals surface area (Å²) in [5, 5.41) is 7.73. The van der Waals surface area contributed by atoms with Gasteiger partial charge in [0.1, 0.15) is 13.2 Å². The first-order chi connectivity index (χ1) is 14.0. The summed E-state index contributed by atoms with van der Waals surface area (Å²) in [6, 6.07) is 12.6. The summed E-state index contributed by atoms with van der Waals surface area (Å²) in [7, 11) is 0. The molecular weight excluding hydrogens is 450 g/mol. The molecule has 2 heterocycles. The van der Waals surface area contributed by atoms with Crippen LogP contribution in [0.25, 0.3) is 5.69 Å². The standard InChI is InChI=1S/C19H16ClN3O3S3/c1-11(17(24)21-13-4-7-15-16(10-13)26-9-8-25-15)28-18-22-23(19(27)29-18)14-5-2-12(20)3-6-14/h2-7,10-11H,8-9H2,1H3,(H,21,24). The maximum absolute atomic E-state index is 12.6. The van der Waals surface area contributed by atoms with Gasteiger partial charge in [-0.25, -0.2) is 4.68 Å². The molecule has 0 aliphatic carbocycles. The largest absolute Gasteiger partial charge is 0.486 e. The predicted molar refractivity (Wildman–Crippen MR) is 119 cm³/mol. The number of aromatic nitrogens is 2. The van der Waals surface area contributed by atoms with Crippen LogP contribution >= 0.6 is 46.9 Å². The van der Waals surface area contributed by atoms with Gasteiger partial charge < -0.3 is 14.8 Å².